The van der Waals surface area contributed by atoms with Gasteiger partial charge in [-0.3, -0.25) is 4.79 Å². The van der Waals surface area contributed by atoms with Crippen molar-refractivity contribution in [3.8, 4) is 5.75 Å². The van der Waals surface area contributed by atoms with Crippen molar-refractivity contribution >= 4 is 5.78 Å². The van der Waals surface area contributed by atoms with Crippen molar-refractivity contribution in [1.29, 1.82) is 0 Å². The number of ether oxygens (including phenoxy) is 2. The van der Waals surface area contributed by atoms with E-state index in [0.717, 1.165) is 17.7 Å². The lowest BCUT2D eigenvalue weighted by atomic mass is 10.0. The Hall–Kier alpha value is -1.49. The summed E-state index contributed by atoms with van der Waals surface area (Å²) in [5.74, 6) is 0.722. The molecular weight excluding hydrogens is 242 g/mol. The van der Waals surface area contributed by atoms with Crippen LogP contribution in [0.1, 0.15) is 22.3 Å². The van der Waals surface area contributed by atoms with E-state index in [9.17, 15) is 13.6 Å². The number of hydrogen-bond donors (Lipinski definition) is 0. The van der Waals surface area contributed by atoms with Gasteiger partial charge in [-0.15, -0.1) is 0 Å². The number of fused-ring (bicyclic) bond motifs is 1. The number of alkyl halides is 2. The zero-order valence-electron chi connectivity index (χ0n) is 9.83. The van der Waals surface area contributed by atoms with Gasteiger partial charge >= 0.3 is 0 Å². The highest BCUT2D eigenvalue weighted by Crippen LogP contribution is 2.26. The average Bonchev–Trinajstić information content (AvgIpc) is 2.81. The Labute approximate surface area is 104 Å². The van der Waals surface area contributed by atoms with Crippen molar-refractivity contribution < 1.29 is 23.0 Å². The number of halogens is 2. The molecule has 1 aromatic rings. The first kappa shape index (κ1) is 13.0. The van der Waals surface area contributed by atoms with Crippen molar-refractivity contribution in [1.82, 2.24) is 0 Å². The van der Waals surface area contributed by atoms with Crippen molar-refractivity contribution in [2.24, 2.45) is 0 Å². The summed E-state index contributed by atoms with van der Waals surface area (Å²) in [5, 5.41) is 0. The van der Waals surface area contributed by atoms with E-state index in [0.29, 0.717) is 12.2 Å². The summed E-state index contributed by atoms with van der Waals surface area (Å²) in [5.41, 5.74) is 1.61. The van der Waals surface area contributed by atoms with Crippen LogP contribution in [0.15, 0.2) is 18.2 Å². The predicted molar refractivity (Wildman–Crippen MR) is 61.4 cm³/mol. The Morgan fingerprint density at radius 1 is 1.44 bits per heavy atom. The molecule has 2 rings (SSSR count). The van der Waals surface area contributed by atoms with Gasteiger partial charge in [0.15, 0.2) is 5.78 Å². The van der Waals surface area contributed by atoms with Gasteiger partial charge in [0.25, 0.3) is 6.43 Å². The molecule has 1 aromatic carbocycles. The Morgan fingerprint density at radius 2 is 2.28 bits per heavy atom. The Balaban J connectivity index is 1.85. The molecular formula is C13H14F2O3. The van der Waals surface area contributed by atoms with E-state index < -0.39 is 13.0 Å². The van der Waals surface area contributed by atoms with E-state index >= 15 is 0 Å². The third kappa shape index (κ3) is 3.26. The summed E-state index contributed by atoms with van der Waals surface area (Å²) in [6.07, 6.45) is -1.57. The lowest BCUT2D eigenvalue weighted by molar-refractivity contribution is 0.0170. The fourth-order valence-electron chi connectivity index (χ4n) is 1.84. The highest BCUT2D eigenvalue weighted by Gasteiger charge is 2.15. The van der Waals surface area contributed by atoms with Gasteiger partial charge < -0.3 is 9.47 Å². The largest absolute Gasteiger partial charge is 0.493 e. The first-order valence-electron chi connectivity index (χ1n) is 5.81. The van der Waals surface area contributed by atoms with Crippen LogP contribution in [0, 0.1) is 0 Å². The number of Topliss-reactive ketones (excluding diaryl/α,β-unsaturated/α-hetero) is 1. The zero-order valence-corrected chi connectivity index (χ0v) is 9.83. The van der Waals surface area contributed by atoms with Gasteiger partial charge in [0.1, 0.15) is 12.4 Å². The van der Waals surface area contributed by atoms with Crippen LogP contribution in [0.4, 0.5) is 8.78 Å². The Kier molecular flexibility index (Phi) is 4.25. The van der Waals surface area contributed by atoms with E-state index in [-0.39, 0.29) is 18.8 Å². The maximum Gasteiger partial charge on any atom is 0.261 e. The molecule has 0 N–H and O–H groups in total. The van der Waals surface area contributed by atoms with E-state index in [2.05, 4.69) is 4.74 Å². The molecule has 1 heterocycles. The van der Waals surface area contributed by atoms with Crippen LogP contribution >= 0.6 is 0 Å². The van der Waals surface area contributed by atoms with E-state index in [1.807, 2.05) is 0 Å². The van der Waals surface area contributed by atoms with Gasteiger partial charge in [-0.25, -0.2) is 8.78 Å². The molecule has 0 saturated carbocycles. The number of benzene rings is 1. The first-order valence-corrected chi connectivity index (χ1v) is 5.81. The third-order valence-corrected chi connectivity index (χ3v) is 2.73. The second-order valence-electron chi connectivity index (χ2n) is 4.06. The normalized spacial score (nSPS) is 13.5. The second-order valence-corrected chi connectivity index (χ2v) is 4.06. The Morgan fingerprint density at radius 3 is 3.06 bits per heavy atom. The Bertz CT molecular complexity index is 432. The van der Waals surface area contributed by atoms with Crippen LogP contribution in [-0.2, 0) is 11.2 Å². The number of rotatable bonds is 6. The van der Waals surface area contributed by atoms with Gasteiger partial charge in [0.2, 0.25) is 0 Å². The molecule has 0 spiro atoms. The minimum atomic E-state index is -2.49. The average molecular weight is 256 g/mol. The van der Waals surface area contributed by atoms with Crippen molar-refractivity contribution in [2.45, 2.75) is 19.3 Å². The zero-order chi connectivity index (χ0) is 13.0. The molecule has 0 aromatic heterocycles. The number of carbonyl (C=O) groups excluding carboxylic acids is 1. The molecule has 1 aliphatic heterocycles. The number of hydrogen-bond acceptors (Lipinski definition) is 3. The molecule has 0 aliphatic carbocycles. The monoisotopic (exact) mass is 256 g/mol. The van der Waals surface area contributed by atoms with Gasteiger partial charge in [0.05, 0.1) is 13.2 Å². The topological polar surface area (TPSA) is 35.5 Å². The minimum Gasteiger partial charge on any atom is -0.493 e. The first-order chi connectivity index (χ1) is 8.66. The number of ketones is 1. The smallest absolute Gasteiger partial charge is 0.261 e. The molecule has 3 nitrogen and oxygen atoms in total. The van der Waals surface area contributed by atoms with Crippen molar-refractivity contribution in [2.75, 3.05) is 19.8 Å². The summed E-state index contributed by atoms with van der Waals surface area (Å²) in [7, 11) is 0. The van der Waals surface area contributed by atoms with E-state index in [1.165, 1.54) is 0 Å². The summed E-state index contributed by atoms with van der Waals surface area (Å²) in [6.45, 7) is 0.0482. The third-order valence-electron chi connectivity index (χ3n) is 2.73. The lowest BCUT2D eigenvalue weighted by Crippen LogP contribution is -2.09. The van der Waals surface area contributed by atoms with Crippen LogP contribution in [0.5, 0.6) is 5.75 Å². The molecule has 0 atom stereocenters. The van der Waals surface area contributed by atoms with E-state index in [4.69, 9.17) is 4.74 Å². The summed E-state index contributed by atoms with van der Waals surface area (Å²) in [4.78, 5) is 11.8. The van der Waals surface area contributed by atoms with Gasteiger partial charge in [0, 0.05) is 18.4 Å². The minimum absolute atomic E-state index is 0.0246. The van der Waals surface area contributed by atoms with Crippen LogP contribution < -0.4 is 4.74 Å². The molecule has 18 heavy (non-hydrogen) atoms. The standard InChI is InChI=1S/C13H14F2O3/c14-13(15)8-17-5-4-11(16)9-1-2-12-10(7-9)3-6-18-12/h1-2,7,13H,3-6,8H2. The quantitative estimate of drug-likeness (QED) is 0.579. The maximum absolute atomic E-state index is 11.8. The highest BCUT2D eigenvalue weighted by atomic mass is 19.3. The van der Waals surface area contributed by atoms with Crippen LogP contribution in [0.2, 0.25) is 0 Å². The molecule has 0 fully saturated rings. The molecule has 0 unspecified atom stereocenters. The fraction of sp³-hybridized carbons (Fsp3) is 0.462. The summed E-state index contributed by atoms with van der Waals surface area (Å²) >= 11 is 0. The molecule has 5 heteroatoms. The summed E-state index contributed by atoms with van der Waals surface area (Å²) in [6, 6.07) is 5.27. The molecule has 0 bridgehead atoms. The molecule has 0 amide bonds. The van der Waals surface area contributed by atoms with Gasteiger partial charge in [-0.05, 0) is 23.8 Å². The van der Waals surface area contributed by atoms with Gasteiger partial charge in [-0.2, -0.15) is 0 Å². The van der Waals surface area contributed by atoms with Crippen molar-refractivity contribution in [3.05, 3.63) is 29.3 Å². The van der Waals surface area contributed by atoms with Crippen LogP contribution in [0.3, 0.4) is 0 Å². The molecule has 0 saturated heterocycles. The van der Waals surface area contributed by atoms with E-state index in [1.54, 1.807) is 18.2 Å². The highest BCUT2D eigenvalue weighted by molar-refractivity contribution is 5.96. The number of carbonyl (C=O) groups is 1. The molecule has 98 valence electrons. The predicted octanol–water partition coefficient (Wildman–Crippen LogP) is 2.48. The molecule has 0 radical (unpaired) electrons. The maximum atomic E-state index is 11.8. The second kappa shape index (κ2) is 5.91. The fourth-order valence-corrected chi connectivity index (χ4v) is 1.84. The summed E-state index contributed by atoms with van der Waals surface area (Å²) < 4.78 is 33.6. The lowest BCUT2D eigenvalue weighted by Gasteiger charge is -2.05. The van der Waals surface area contributed by atoms with Crippen LogP contribution in [-0.4, -0.2) is 32.0 Å². The van der Waals surface area contributed by atoms with Crippen LogP contribution in [0.25, 0.3) is 0 Å². The van der Waals surface area contributed by atoms with Gasteiger partial charge in [-0.1, -0.05) is 0 Å². The molecule has 1 aliphatic rings. The SMILES string of the molecule is O=C(CCOCC(F)F)c1ccc2c(c1)CCO2. The van der Waals surface area contributed by atoms with Crippen molar-refractivity contribution in [3.63, 3.8) is 0 Å².